The molecule has 0 aromatic carbocycles. The highest BCUT2D eigenvalue weighted by atomic mass is 19.4. The molecule has 2 aliphatic rings. The number of fused-ring (bicyclic) bond motifs is 2. The van der Waals surface area contributed by atoms with Gasteiger partial charge < -0.3 is 10.2 Å². The molecule has 0 amide bonds. The number of hydrogen-bond acceptors (Lipinski definition) is 3. The fraction of sp³-hybridized carbons (Fsp3) is 0.615. The molecule has 3 heterocycles. The maximum atomic E-state index is 12.7. The average Bonchev–Trinajstić information content (AvgIpc) is 2.37. The van der Waals surface area contributed by atoms with Crippen molar-refractivity contribution in [2.45, 2.75) is 12.6 Å². The van der Waals surface area contributed by atoms with Crippen LogP contribution < -0.4 is 10.2 Å². The minimum atomic E-state index is -4.30. The van der Waals surface area contributed by atoms with Gasteiger partial charge in [0.2, 0.25) is 0 Å². The Morgan fingerprint density at radius 2 is 1.89 bits per heavy atom. The second kappa shape index (κ2) is 4.67. The van der Waals surface area contributed by atoms with Gasteiger partial charge in [0, 0.05) is 19.3 Å². The molecule has 1 aromatic heterocycles. The SMILES string of the molecule is FC(F)(F)c1ccnc(N2CC3CNCC(C3)C2)c1. The van der Waals surface area contributed by atoms with Crippen molar-refractivity contribution in [3.05, 3.63) is 23.9 Å². The van der Waals surface area contributed by atoms with Crippen molar-refractivity contribution in [3.8, 4) is 0 Å². The molecule has 2 saturated heterocycles. The molecule has 0 aliphatic carbocycles. The highest BCUT2D eigenvalue weighted by Crippen LogP contribution is 2.32. The summed E-state index contributed by atoms with van der Waals surface area (Å²) in [6.45, 7) is 3.48. The standard InChI is InChI=1S/C13H16F3N3/c14-13(15,16)11-1-2-18-12(4-11)19-7-9-3-10(8-19)6-17-5-9/h1-2,4,9-10,17H,3,5-8H2. The highest BCUT2D eigenvalue weighted by molar-refractivity contribution is 5.42. The van der Waals surface area contributed by atoms with Crippen molar-refractivity contribution < 1.29 is 13.2 Å². The van der Waals surface area contributed by atoms with Crippen molar-refractivity contribution in [1.82, 2.24) is 10.3 Å². The largest absolute Gasteiger partial charge is 0.416 e. The summed E-state index contributed by atoms with van der Waals surface area (Å²) in [6.07, 6.45) is -1.88. The monoisotopic (exact) mass is 271 g/mol. The first-order valence-electron chi connectivity index (χ1n) is 6.51. The molecule has 3 rings (SSSR count). The minimum Gasteiger partial charge on any atom is -0.356 e. The number of alkyl halides is 3. The lowest BCUT2D eigenvalue weighted by Gasteiger charge is -2.42. The summed E-state index contributed by atoms with van der Waals surface area (Å²) in [4.78, 5) is 6.10. The van der Waals surface area contributed by atoms with Crippen LogP contribution in [0.25, 0.3) is 0 Å². The summed E-state index contributed by atoms with van der Waals surface area (Å²) >= 11 is 0. The average molecular weight is 271 g/mol. The summed E-state index contributed by atoms with van der Waals surface area (Å²) in [6, 6.07) is 2.18. The van der Waals surface area contributed by atoms with Crippen LogP contribution in [0.3, 0.4) is 0 Å². The molecular formula is C13H16F3N3. The smallest absolute Gasteiger partial charge is 0.356 e. The third-order valence-electron chi connectivity index (χ3n) is 3.89. The van der Waals surface area contributed by atoms with Crippen molar-refractivity contribution >= 4 is 5.82 Å². The van der Waals surface area contributed by atoms with Gasteiger partial charge in [-0.2, -0.15) is 13.2 Å². The van der Waals surface area contributed by atoms with Gasteiger partial charge >= 0.3 is 6.18 Å². The van der Waals surface area contributed by atoms with Gasteiger partial charge in [0.25, 0.3) is 0 Å². The fourth-order valence-corrected chi connectivity index (χ4v) is 3.06. The van der Waals surface area contributed by atoms with Crippen molar-refractivity contribution in [3.63, 3.8) is 0 Å². The Hall–Kier alpha value is -1.30. The molecule has 1 N–H and O–H groups in total. The van der Waals surface area contributed by atoms with Crippen LogP contribution in [0.1, 0.15) is 12.0 Å². The second-order valence-electron chi connectivity index (χ2n) is 5.43. The number of halogens is 3. The molecular weight excluding hydrogens is 255 g/mol. The van der Waals surface area contributed by atoms with Gasteiger partial charge in [-0.1, -0.05) is 0 Å². The molecule has 0 radical (unpaired) electrons. The van der Waals surface area contributed by atoms with E-state index < -0.39 is 11.7 Å². The molecule has 6 heteroatoms. The summed E-state index contributed by atoms with van der Waals surface area (Å²) in [5.74, 6) is 1.49. The first kappa shape index (κ1) is 12.7. The van der Waals surface area contributed by atoms with E-state index in [4.69, 9.17) is 0 Å². The maximum absolute atomic E-state index is 12.7. The van der Waals surface area contributed by atoms with Crippen LogP contribution >= 0.6 is 0 Å². The molecule has 3 nitrogen and oxygen atoms in total. The lowest BCUT2D eigenvalue weighted by molar-refractivity contribution is -0.137. The van der Waals surface area contributed by atoms with E-state index in [-0.39, 0.29) is 0 Å². The molecule has 1 aromatic rings. The summed E-state index contributed by atoms with van der Waals surface area (Å²) in [5, 5.41) is 3.37. The van der Waals surface area contributed by atoms with Crippen LogP contribution in [0, 0.1) is 11.8 Å². The number of nitrogens with one attached hydrogen (secondary N) is 1. The number of nitrogens with zero attached hydrogens (tertiary/aromatic N) is 2. The number of aromatic nitrogens is 1. The van der Waals surface area contributed by atoms with Crippen molar-refractivity contribution in [2.75, 3.05) is 31.1 Å². The third kappa shape index (κ3) is 2.68. The third-order valence-corrected chi connectivity index (χ3v) is 3.89. The molecule has 2 bridgehead atoms. The van der Waals surface area contributed by atoms with E-state index in [0.29, 0.717) is 17.7 Å². The van der Waals surface area contributed by atoms with Crippen molar-refractivity contribution in [1.29, 1.82) is 0 Å². The van der Waals surface area contributed by atoms with Crippen LogP contribution in [0.5, 0.6) is 0 Å². The Kier molecular flexibility index (Phi) is 3.12. The second-order valence-corrected chi connectivity index (χ2v) is 5.43. The van der Waals surface area contributed by atoms with Gasteiger partial charge in [0.15, 0.2) is 0 Å². The molecule has 0 saturated carbocycles. The number of pyridine rings is 1. The zero-order valence-corrected chi connectivity index (χ0v) is 10.5. The minimum absolute atomic E-state index is 0.450. The van der Waals surface area contributed by atoms with E-state index in [0.717, 1.165) is 38.3 Å². The Bertz CT molecular complexity index is 449. The number of anilines is 1. The predicted octanol–water partition coefficient (Wildman–Crippen LogP) is 2.15. The van der Waals surface area contributed by atoms with Crippen LogP contribution in [0.15, 0.2) is 18.3 Å². The molecule has 104 valence electrons. The number of piperidine rings is 2. The Morgan fingerprint density at radius 3 is 2.53 bits per heavy atom. The molecule has 2 aliphatic heterocycles. The van der Waals surface area contributed by atoms with Gasteiger partial charge in [-0.25, -0.2) is 4.98 Å². The molecule has 0 spiro atoms. The lowest BCUT2D eigenvalue weighted by Crippen LogP contribution is -2.51. The first-order valence-corrected chi connectivity index (χ1v) is 6.51. The van der Waals surface area contributed by atoms with E-state index in [1.807, 2.05) is 4.90 Å². The Morgan fingerprint density at radius 1 is 1.21 bits per heavy atom. The van der Waals surface area contributed by atoms with Gasteiger partial charge in [-0.3, -0.25) is 0 Å². The fourth-order valence-electron chi connectivity index (χ4n) is 3.06. The van der Waals surface area contributed by atoms with Crippen LogP contribution in [-0.2, 0) is 6.18 Å². The van der Waals surface area contributed by atoms with Crippen LogP contribution in [-0.4, -0.2) is 31.2 Å². The number of rotatable bonds is 1. The summed E-state index contributed by atoms with van der Waals surface area (Å²) < 4.78 is 38.1. The Labute approximate surface area is 109 Å². The van der Waals surface area contributed by atoms with Gasteiger partial charge in [-0.05, 0) is 43.5 Å². The number of hydrogen-bond donors (Lipinski definition) is 1. The van der Waals surface area contributed by atoms with E-state index in [1.165, 1.54) is 12.6 Å². The quantitative estimate of drug-likeness (QED) is 0.848. The van der Waals surface area contributed by atoms with E-state index in [1.54, 1.807) is 0 Å². The zero-order valence-electron chi connectivity index (χ0n) is 10.5. The summed E-state index contributed by atoms with van der Waals surface area (Å²) in [5.41, 5.74) is -0.619. The van der Waals surface area contributed by atoms with Gasteiger partial charge in [0.05, 0.1) is 5.56 Å². The van der Waals surface area contributed by atoms with Gasteiger partial charge in [0.1, 0.15) is 5.82 Å². The van der Waals surface area contributed by atoms with E-state index in [2.05, 4.69) is 10.3 Å². The first-order chi connectivity index (χ1) is 9.02. The van der Waals surface area contributed by atoms with Gasteiger partial charge in [-0.15, -0.1) is 0 Å². The van der Waals surface area contributed by atoms with Crippen LogP contribution in [0.4, 0.5) is 19.0 Å². The molecule has 19 heavy (non-hydrogen) atoms. The van der Waals surface area contributed by atoms with E-state index in [9.17, 15) is 13.2 Å². The normalized spacial score (nSPS) is 27.4. The highest BCUT2D eigenvalue weighted by Gasteiger charge is 2.34. The van der Waals surface area contributed by atoms with Crippen LogP contribution in [0.2, 0.25) is 0 Å². The molecule has 2 fully saturated rings. The molecule has 2 atom stereocenters. The predicted molar refractivity (Wildman–Crippen MR) is 65.9 cm³/mol. The van der Waals surface area contributed by atoms with E-state index >= 15 is 0 Å². The maximum Gasteiger partial charge on any atom is 0.416 e. The van der Waals surface area contributed by atoms with Crippen molar-refractivity contribution in [2.24, 2.45) is 11.8 Å². The Balaban J connectivity index is 1.82. The lowest BCUT2D eigenvalue weighted by atomic mass is 9.86. The zero-order chi connectivity index (χ0) is 13.5. The summed E-state index contributed by atoms with van der Waals surface area (Å²) in [7, 11) is 0. The topological polar surface area (TPSA) is 28.2 Å². The molecule has 2 unspecified atom stereocenters.